The second kappa shape index (κ2) is 7.20. The number of carbonyl (C=O) groups excluding carboxylic acids is 1. The summed E-state index contributed by atoms with van der Waals surface area (Å²) in [6.07, 6.45) is 2.60. The molecule has 3 atom stereocenters. The summed E-state index contributed by atoms with van der Waals surface area (Å²) in [5.41, 5.74) is 1.02. The summed E-state index contributed by atoms with van der Waals surface area (Å²) in [5, 5.41) is 11.2. The largest absolute Gasteiger partial charge is 0.466 e. The molecule has 5 nitrogen and oxygen atoms in total. The van der Waals surface area contributed by atoms with Crippen LogP contribution in [0.25, 0.3) is 0 Å². The van der Waals surface area contributed by atoms with E-state index in [-0.39, 0.29) is 16.8 Å². The maximum atomic E-state index is 12.3. The molecular weight excluding hydrogens is 270 g/mol. The molecule has 0 saturated heterocycles. The summed E-state index contributed by atoms with van der Waals surface area (Å²) >= 11 is 0. The number of rotatable bonds is 6. The van der Waals surface area contributed by atoms with E-state index in [4.69, 9.17) is 4.74 Å². The first kappa shape index (κ1) is 15.5. The summed E-state index contributed by atoms with van der Waals surface area (Å²) in [6, 6.07) is 9.01. The van der Waals surface area contributed by atoms with Crippen molar-refractivity contribution in [1.82, 2.24) is 0 Å². The first-order valence-corrected chi connectivity index (χ1v) is 7.47. The second-order valence-corrected chi connectivity index (χ2v) is 5.50. The Morgan fingerprint density at radius 3 is 2.71 bits per heavy atom. The third-order valence-corrected chi connectivity index (χ3v) is 4.21. The van der Waals surface area contributed by atoms with E-state index in [2.05, 4.69) is 0 Å². The first-order chi connectivity index (χ1) is 10.1. The lowest BCUT2D eigenvalue weighted by atomic mass is 9.83. The van der Waals surface area contributed by atoms with Crippen LogP contribution in [0.1, 0.15) is 31.7 Å². The van der Waals surface area contributed by atoms with Crippen molar-refractivity contribution in [2.45, 2.75) is 38.6 Å². The van der Waals surface area contributed by atoms with Gasteiger partial charge in [0.25, 0.3) is 0 Å². The van der Waals surface area contributed by atoms with Crippen molar-refractivity contribution in [3.05, 3.63) is 46.0 Å². The van der Waals surface area contributed by atoms with Gasteiger partial charge in [0.15, 0.2) is 0 Å². The zero-order chi connectivity index (χ0) is 15.2. The number of esters is 1. The maximum Gasteiger partial charge on any atom is 0.309 e. The van der Waals surface area contributed by atoms with Crippen LogP contribution in [0, 0.1) is 22.0 Å². The third-order valence-electron chi connectivity index (χ3n) is 4.21. The van der Waals surface area contributed by atoms with Gasteiger partial charge in [-0.15, -0.1) is 0 Å². The first-order valence-electron chi connectivity index (χ1n) is 7.47. The zero-order valence-electron chi connectivity index (χ0n) is 12.2. The lowest BCUT2D eigenvalue weighted by Crippen LogP contribution is -2.36. The van der Waals surface area contributed by atoms with Crippen LogP contribution in [-0.4, -0.2) is 23.5 Å². The Hall–Kier alpha value is -1.91. The van der Waals surface area contributed by atoms with E-state index in [0.717, 1.165) is 18.4 Å². The molecule has 2 rings (SSSR count). The van der Waals surface area contributed by atoms with Crippen molar-refractivity contribution in [3.63, 3.8) is 0 Å². The summed E-state index contributed by atoms with van der Waals surface area (Å²) in [4.78, 5) is 23.2. The predicted octanol–water partition coefficient (Wildman–Crippen LogP) is 2.85. The van der Waals surface area contributed by atoms with Crippen LogP contribution in [0.15, 0.2) is 30.3 Å². The molecule has 1 aliphatic rings. The van der Waals surface area contributed by atoms with Crippen molar-refractivity contribution >= 4 is 5.97 Å². The monoisotopic (exact) mass is 291 g/mol. The molecule has 1 fully saturated rings. The minimum atomic E-state index is -0.622. The number of nitro groups is 1. The number of carbonyl (C=O) groups is 1. The van der Waals surface area contributed by atoms with Crippen LogP contribution < -0.4 is 0 Å². The quantitative estimate of drug-likeness (QED) is 0.459. The lowest BCUT2D eigenvalue weighted by Gasteiger charge is -2.23. The molecule has 0 N–H and O–H groups in total. The van der Waals surface area contributed by atoms with Crippen molar-refractivity contribution in [3.8, 4) is 0 Å². The Morgan fingerprint density at radius 1 is 1.38 bits per heavy atom. The molecule has 0 heterocycles. The minimum Gasteiger partial charge on any atom is -0.466 e. The summed E-state index contributed by atoms with van der Waals surface area (Å²) < 4.78 is 5.16. The van der Waals surface area contributed by atoms with E-state index < -0.39 is 12.0 Å². The highest BCUT2D eigenvalue weighted by molar-refractivity contribution is 5.73. The molecule has 0 spiro atoms. The van der Waals surface area contributed by atoms with E-state index in [1.807, 2.05) is 30.3 Å². The van der Waals surface area contributed by atoms with Gasteiger partial charge in [-0.2, -0.15) is 0 Å². The summed E-state index contributed by atoms with van der Waals surface area (Å²) in [7, 11) is 0. The van der Waals surface area contributed by atoms with Gasteiger partial charge in [0.05, 0.1) is 12.5 Å². The van der Waals surface area contributed by atoms with Crippen molar-refractivity contribution in [2.24, 2.45) is 11.8 Å². The zero-order valence-corrected chi connectivity index (χ0v) is 12.2. The highest BCUT2D eigenvalue weighted by atomic mass is 16.6. The molecule has 0 aliphatic heterocycles. The molecule has 1 aromatic carbocycles. The number of hydrogen-bond acceptors (Lipinski definition) is 4. The van der Waals surface area contributed by atoms with Gasteiger partial charge in [-0.05, 0) is 31.7 Å². The molecule has 0 unspecified atom stereocenters. The van der Waals surface area contributed by atoms with E-state index in [9.17, 15) is 14.9 Å². The fourth-order valence-electron chi connectivity index (χ4n) is 3.23. The van der Waals surface area contributed by atoms with E-state index in [1.54, 1.807) is 6.92 Å². The Kier molecular flexibility index (Phi) is 5.31. The van der Waals surface area contributed by atoms with Gasteiger partial charge < -0.3 is 4.74 Å². The van der Waals surface area contributed by atoms with E-state index in [0.29, 0.717) is 19.4 Å². The molecule has 114 valence electrons. The number of benzene rings is 1. The van der Waals surface area contributed by atoms with Crippen LogP contribution in [0.2, 0.25) is 0 Å². The van der Waals surface area contributed by atoms with Crippen molar-refractivity contribution < 1.29 is 14.5 Å². The Balaban J connectivity index is 2.19. The number of nitrogens with zero attached hydrogens (tertiary/aromatic N) is 1. The Morgan fingerprint density at radius 2 is 2.10 bits per heavy atom. The fourth-order valence-corrected chi connectivity index (χ4v) is 3.23. The van der Waals surface area contributed by atoms with Crippen LogP contribution >= 0.6 is 0 Å². The minimum absolute atomic E-state index is 0.223. The molecular formula is C16H21NO4. The molecule has 0 radical (unpaired) electrons. The van der Waals surface area contributed by atoms with Gasteiger partial charge in [-0.3, -0.25) is 14.9 Å². The Labute approximate surface area is 124 Å². The van der Waals surface area contributed by atoms with Gasteiger partial charge in [-0.1, -0.05) is 30.3 Å². The van der Waals surface area contributed by atoms with Crippen molar-refractivity contribution in [1.29, 1.82) is 0 Å². The normalized spacial score (nSPS) is 22.7. The van der Waals surface area contributed by atoms with Gasteiger partial charge in [-0.25, -0.2) is 0 Å². The average molecular weight is 291 g/mol. The number of hydrogen-bond donors (Lipinski definition) is 0. The van der Waals surface area contributed by atoms with Crippen molar-refractivity contribution in [2.75, 3.05) is 6.61 Å². The van der Waals surface area contributed by atoms with Crippen LogP contribution in [0.3, 0.4) is 0 Å². The second-order valence-electron chi connectivity index (χ2n) is 5.50. The van der Waals surface area contributed by atoms with E-state index >= 15 is 0 Å². The van der Waals surface area contributed by atoms with Crippen LogP contribution in [-0.2, 0) is 16.0 Å². The molecule has 0 amide bonds. The lowest BCUT2D eigenvalue weighted by molar-refractivity contribution is -0.530. The molecule has 21 heavy (non-hydrogen) atoms. The molecule has 1 saturated carbocycles. The predicted molar refractivity (Wildman–Crippen MR) is 78.4 cm³/mol. The molecule has 0 aromatic heterocycles. The molecule has 1 aromatic rings. The highest BCUT2D eigenvalue weighted by Crippen LogP contribution is 2.36. The number of ether oxygens (including phenoxy) is 1. The van der Waals surface area contributed by atoms with Crippen LogP contribution in [0.5, 0.6) is 0 Å². The standard InChI is InChI=1S/C16H21NO4/c1-2-21-16(18)14(11-12-7-4-3-5-8-12)13-9-6-10-15(13)17(19)20/h3-5,7-8,13-15H,2,6,9-11H2,1H3/t13-,14-,15+/m0/s1. The van der Waals surface area contributed by atoms with Gasteiger partial charge in [0.1, 0.15) is 0 Å². The third kappa shape index (κ3) is 3.80. The maximum absolute atomic E-state index is 12.3. The van der Waals surface area contributed by atoms with Crippen LogP contribution in [0.4, 0.5) is 0 Å². The Bertz CT molecular complexity index is 488. The van der Waals surface area contributed by atoms with Gasteiger partial charge >= 0.3 is 5.97 Å². The highest BCUT2D eigenvalue weighted by Gasteiger charge is 2.44. The van der Waals surface area contributed by atoms with Gasteiger partial charge in [0.2, 0.25) is 6.04 Å². The molecule has 0 bridgehead atoms. The smallest absolute Gasteiger partial charge is 0.309 e. The summed E-state index contributed by atoms with van der Waals surface area (Å²) in [5.74, 6) is -0.954. The van der Waals surface area contributed by atoms with E-state index in [1.165, 1.54) is 0 Å². The summed E-state index contributed by atoms with van der Waals surface area (Å²) in [6.45, 7) is 2.07. The average Bonchev–Trinajstić information content (AvgIpc) is 2.95. The topological polar surface area (TPSA) is 69.4 Å². The molecule has 5 heteroatoms. The molecule has 1 aliphatic carbocycles. The SMILES string of the molecule is CCOC(=O)[C@@H](Cc1ccccc1)[C@@H]1CCC[C@H]1[N+](=O)[O-]. The van der Waals surface area contributed by atoms with Gasteiger partial charge in [0, 0.05) is 17.3 Å². The fraction of sp³-hybridized carbons (Fsp3) is 0.562.